The summed E-state index contributed by atoms with van der Waals surface area (Å²) in [6.07, 6.45) is 8.81. The number of hydrogen-bond donors (Lipinski definition) is 3. The van der Waals surface area contributed by atoms with Crippen molar-refractivity contribution in [2.24, 2.45) is 23.5 Å². The van der Waals surface area contributed by atoms with E-state index < -0.39 is 0 Å². The first kappa shape index (κ1) is 20.6. The average Bonchev–Trinajstić information content (AvgIpc) is 3.56. The van der Waals surface area contributed by atoms with Crippen LogP contribution in [-0.4, -0.2) is 58.2 Å². The molecule has 1 saturated heterocycles. The number of nitrogens with one attached hydrogen (secondary N) is 2. The number of aromatic nitrogens is 4. The Labute approximate surface area is 199 Å². The summed E-state index contributed by atoms with van der Waals surface area (Å²) in [7, 11) is 0. The third-order valence-corrected chi connectivity index (χ3v) is 7.53. The molecule has 10 heteroatoms. The van der Waals surface area contributed by atoms with Crippen LogP contribution in [-0.2, 0) is 9.53 Å². The number of ether oxygens (including phenoxy) is 1. The number of H-pyrrole nitrogens is 1. The van der Waals surface area contributed by atoms with Crippen LogP contribution in [0.2, 0.25) is 0 Å². The quantitative estimate of drug-likeness (QED) is 0.452. The summed E-state index contributed by atoms with van der Waals surface area (Å²) >= 11 is 3.63. The van der Waals surface area contributed by atoms with E-state index in [1.165, 1.54) is 0 Å². The molecule has 2 aliphatic carbocycles. The molecule has 0 radical (unpaired) electrons. The first-order valence-corrected chi connectivity index (χ1v) is 12.0. The Morgan fingerprint density at radius 3 is 2.88 bits per heavy atom. The molecule has 4 N–H and O–H groups in total. The van der Waals surface area contributed by atoms with Crippen LogP contribution < -0.4 is 16.0 Å². The minimum atomic E-state index is -0.261. The third kappa shape index (κ3) is 3.57. The molecule has 170 valence electrons. The highest BCUT2D eigenvalue weighted by atomic mass is 79.9. The summed E-state index contributed by atoms with van der Waals surface area (Å²) in [6, 6.07) is 3.92. The molecular weight excluding hydrogens is 486 g/mol. The lowest BCUT2D eigenvalue weighted by Gasteiger charge is -2.28. The van der Waals surface area contributed by atoms with E-state index in [4.69, 9.17) is 15.5 Å². The van der Waals surface area contributed by atoms with E-state index in [1.54, 1.807) is 12.4 Å². The van der Waals surface area contributed by atoms with Crippen LogP contribution in [0.3, 0.4) is 0 Å². The number of pyridine rings is 2. The van der Waals surface area contributed by atoms with Crippen LogP contribution in [0.1, 0.15) is 6.42 Å². The van der Waals surface area contributed by atoms with Crippen molar-refractivity contribution >= 4 is 44.5 Å². The number of carbonyl (C=O) groups excluding carboxylic acids is 1. The highest BCUT2D eigenvalue weighted by molar-refractivity contribution is 9.10. The predicted molar refractivity (Wildman–Crippen MR) is 129 cm³/mol. The second-order valence-electron chi connectivity index (χ2n) is 8.81. The van der Waals surface area contributed by atoms with Crippen LogP contribution in [0.25, 0.3) is 22.6 Å². The van der Waals surface area contributed by atoms with E-state index in [0.717, 1.165) is 52.4 Å². The molecule has 1 saturated carbocycles. The van der Waals surface area contributed by atoms with Crippen LogP contribution in [0, 0.1) is 17.8 Å². The zero-order valence-electron chi connectivity index (χ0n) is 17.9. The van der Waals surface area contributed by atoms with Crippen LogP contribution in [0.15, 0.2) is 41.2 Å². The number of nitrogens with zero attached hydrogens (tertiary/aromatic N) is 4. The van der Waals surface area contributed by atoms with Crippen molar-refractivity contribution in [1.29, 1.82) is 0 Å². The largest absolute Gasteiger partial charge is 0.378 e. The topological polar surface area (TPSA) is 122 Å². The molecule has 2 fully saturated rings. The van der Waals surface area contributed by atoms with E-state index in [0.29, 0.717) is 18.9 Å². The van der Waals surface area contributed by atoms with Gasteiger partial charge in [0.15, 0.2) is 5.65 Å². The number of nitrogens with two attached hydrogens (primary N) is 1. The molecule has 2 bridgehead atoms. The predicted octanol–water partition coefficient (Wildman–Crippen LogP) is 2.71. The van der Waals surface area contributed by atoms with Crippen LogP contribution >= 0.6 is 15.9 Å². The normalized spacial score (nSPS) is 26.3. The molecule has 3 aromatic heterocycles. The fraction of sp³-hybridized carbons (Fsp3) is 0.391. The lowest BCUT2D eigenvalue weighted by molar-refractivity contribution is -0.122. The molecule has 9 nitrogen and oxygen atoms in total. The number of fused-ring (bicyclic) bond motifs is 3. The highest BCUT2D eigenvalue weighted by Gasteiger charge is 2.47. The maximum absolute atomic E-state index is 12.2. The molecule has 3 aromatic rings. The van der Waals surface area contributed by atoms with Gasteiger partial charge in [-0.3, -0.25) is 4.79 Å². The van der Waals surface area contributed by atoms with Gasteiger partial charge >= 0.3 is 0 Å². The summed E-state index contributed by atoms with van der Waals surface area (Å²) in [6.45, 7) is 3.04. The summed E-state index contributed by atoms with van der Waals surface area (Å²) in [4.78, 5) is 31.6. The number of allylic oxidation sites excluding steroid dienone is 1. The summed E-state index contributed by atoms with van der Waals surface area (Å²) in [5.74, 6) is 1.61. The van der Waals surface area contributed by atoms with Crippen molar-refractivity contribution in [1.82, 2.24) is 19.9 Å². The smallest absolute Gasteiger partial charge is 0.223 e. The first-order valence-electron chi connectivity index (χ1n) is 11.2. The molecule has 33 heavy (non-hydrogen) atoms. The van der Waals surface area contributed by atoms with Gasteiger partial charge in [0, 0.05) is 37.1 Å². The molecule has 1 amide bonds. The van der Waals surface area contributed by atoms with Gasteiger partial charge in [-0.05, 0) is 46.3 Å². The minimum Gasteiger partial charge on any atom is -0.378 e. The van der Waals surface area contributed by atoms with E-state index in [2.05, 4.69) is 53.3 Å². The van der Waals surface area contributed by atoms with Gasteiger partial charge in [-0.1, -0.05) is 12.2 Å². The van der Waals surface area contributed by atoms with Crippen molar-refractivity contribution in [3.8, 4) is 11.4 Å². The number of primary amides is 1. The Morgan fingerprint density at radius 1 is 1.24 bits per heavy atom. The Hall–Kier alpha value is -2.98. The molecule has 3 aliphatic rings. The fourth-order valence-electron chi connectivity index (χ4n) is 5.32. The second kappa shape index (κ2) is 8.11. The molecule has 4 atom stereocenters. The first-order chi connectivity index (χ1) is 16.1. The van der Waals surface area contributed by atoms with E-state index in [-0.39, 0.29) is 29.7 Å². The molecule has 1 aliphatic heterocycles. The fourth-order valence-corrected chi connectivity index (χ4v) is 5.73. The van der Waals surface area contributed by atoms with Gasteiger partial charge in [0.1, 0.15) is 17.2 Å². The van der Waals surface area contributed by atoms with Gasteiger partial charge in [0.25, 0.3) is 0 Å². The zero-order chi connectivity index (χ0) is 22.5. The summed E-state index contributed by atoms with van der Waals surface area (Å²) in [5.41, 5.74) is 8.94. The zero-order valence-corrected chi connectivity index (χ0v) is 19.5. The molecule has 0 aromatic carbocycles. The van der Waals surface area contributed by atoms with Gasteiger partial charge in [0.05, 0.1) is 29.3 Å². The van der Waals surface area contributed by atoms with Crippen molar-refractivity contribution in [2.75, 3.05) is 36.5 Å². The minimum absolute atomic E-state index is 0.0556. The monoisotopic (exact) mass is 509 g/mol. The lowest BCUT2D eigenvalue weighted by atomic mass is 9.88. The number of imidazole rings is 1. The van der Waals surface area contributed by atoms with Crippen molar-refractivity contribution in [2.45, 2.75) is 12.5 Å². The molecule has 0 spiro atoms. The average molecular weight is 510 g/mol. The van der Waals surface area contributed by atoms with Gasteiger partial charge in [0.2, 0.25) is 5.91 Å². The van der Waals surface area contributed by atoms with E-state index >= 15 is 0 Å². The Morgan fingerprint density at radius 2 is 2.06 bits per heavy atom. The number of halogens is 1. The van der Waals surface area contributed by atoms with E-state index in [1.807, 2.05) is 12.1 Å². The number of rotatable bonds is 5. The molecule has 6 rings (SSSR count). The van der Waals surface area contributed by atoms with Crippen LogP contribution in [0.4, 0.5) is 11.5 Å². The standard InChI is InChI=1S/C23H24BrN7O2/c24-15-11-27-23-20(19(15)28-18-13-2-1-12(9-13)17(18)21(25)32)29-22(30-23)14-3-4-26-16(10-14)31-5-7-33-8-6-31/h1-4,10-13,17-18H,5-9H2,(H2,25,32)(H2,27,28,29,30)/t12-,13-,17+,18-/m1/s1. The number of amides is 1. The molecular formula is C23H24BrN7O2. The lowest BCUT2D eigenvalue weighted by Crippen LogP contribution is -2.41. The maximum atomic E-state index is 12.2. The Bertz CT molecular complexity index is 1250. The van der Waals surface area contributed by atoms with Gasteiger partial charge in [-0.2, -0.15) is 0 Å². The number of carbonyl (C=O) groups is 1. The number of aromatic amines is 1. The van der Waals surface area contributed by atoms with Crippen molar-refractivity contribution in [3.05, 3.63) is 41.2 Å². The number of anilines is 2. The second-order valence-corrected chi connectivity index (χ2v) is 9.67. The van der Waals surface area contributed by atoms with Crippen molar-refractivity contribution < 1.29 is 9.53 Å². The number of morpholine rings is 1. The Kier molecular flexibility index (Phi) is 5.06. The van der Waals surface area contributed by atoms with Crippen LogP contribution in [0.5, 0.6) is 0 Å². The Balaban J connectivity index is 1.35. The SMILES string of the molecule is NC(=O)[C@@H]1[C@H](Nc2c(Br)cnc3nc(-c4ccnc(N5CCOCC5)c4)[nH]c23)[C@@H]2C=C[C@@H]1C2. The summed E-state index contributed by atoms with van der Waals surface area (Å²) in [5, 5.41) is 3.60. The van der Waals surface area contributed by atoms with Crippen molar-refractivity contribution in [3.63, 3.8) is 0 Å². The van der Waals surface area contributed by atoms with Gasteiger partial charge < -0.3 is 25.7 Å². The van der Waals surface area contributed by atoms with Gasteiger partial charge in [-0.15, -0.1) is 0 Å². The molecule has 4 heterocycles. The van der Waals surface area contributed by atoms with Gasteiger partial charge in [-0.25, -0.2) is 15.0 Å². The highest BCUT2D eigenvalue weighted by Crippen LogP contribution is 2.46. The maximum Gasteiger partial charge on any atom is 0.223 e. The molecule has 0 unspecified atom stereocenters. The van der Waals surface area contributed by atoms with E-state index in [9.17, 15) is 4.79 Å². The summed E-state index contributed by atoms with van der Waals surface area (Å²) < 4.78 is 6.26. The number of hydrogen-bond acceptors (Lipinski definition) is 7. The third-order valence-electron chi connectivity index (χ3n) is 6.93.